The average molecular weight is 356 g/mol. The molecule has 0 saturated carbocycles. The summed E-state index contributed by atoms with van der Waals surface area (Å²) in [5.41, 5.74) is 0. The van der Waals surface area contributed by atoms with Gasteiger partial charge in [0.1, 0.15) is 49.8 Å². The van der Waals surface area contributed by atoms with Gasteiger partial charge in [-0.25, -0.2) is 9.59 Å². The van der Waals surface area contributed by atoms with Crippen LogP contribution in [-0.2, 0) is 19.1 Å². The SMILES string of the molecule is O=C1OC[C@H](O)[C@@H](O)[C@H](O)[C@@H](O)C(=O)OC[C@H](O)[C@@H](O)[C@H](O)[C@H]1O. The summed E-state index contributed by atoms with van der Waals surface area (Å²) >= 11 is 0. The molecule has 140 valence electrons. The first-order valence-electron chi connectivity index (χ1n) is 6.85. The predicted molar refractivity (Wildman–Crippen MR) is 70.0 cm³/mol. The molecule has 0 spiro atoms. The maximum atomic E-state index is 11.5. The number of hydrogen-bond acceptors (Lipinski definition) is 12. The smallest absolute Gasteiger partial charge is 0.337 e. The lowest BCUT2D eigenvalue weighted by molar-refractivity contribution is -0.189. The molecule has 0 aromatic carbocycles. The lowest BCUT2D eigenvalue weighted by Crippen LogP contribution is -2.53. The minimum atomic E-state index is -2.31. The van der Waals surface area contributed by atoms with Gasteiger partial charge in [0, 0.05) is 0 Å². The standard InChI is InChI=1S/C12H20O12/c13-3-1-23-11(21)9(19)8(18)6(16)4(14)2-24-12(22)10(20)7(17)5(3)15/h3-10,13-20H,1-2H2/t3-,4-,5+,6+,7-,8-,9+,10+/m0/s1. The van der Waals surface area contributed by atoms with Gasteiger partial charge in [0.15, 0.2) is 12.2 Å². The third-order valence-corrected chi connectivity index (χ3v) is 3.41. The van der Waals surface area contributed by atoms with Gasteiger partial charge < -0.3 is 50.3 Å². The van der Waals surface area contributed by atoms with E-state index < -0.39 is 74.0 Å². The lowest BCUT2D eigenvalue weighted by atomic mass is 10.0. The molecule has 1 aliphatic rings. The summed E-state index contributed by atoms with van der Waals surface area (Å²) in [6.45, 7) is -1.94. The summed E-state index contributed by atoms with van der Waals surface area (Å²) in [6.07, 6.45) is -17.2. The molecule has 24 heavy (non-hydrogen) atoms. The van der Waals surface area contributed by atoms with Crippen LogP contribution >= 0.6 is 0 Å². The van der Waals surface area contributed by atoms with E-state index in [1.807, 2.05) is 0 Å². The van der Waals surface area contributed by atoms with Crippen molar-refractivity contribution in [3.8, 4) is 0 Å². The quantitative estimate of drug-likeness (QED) is 0.190. The Morgan fingerprint density at radius 2 is 0.875 bits per heavy atom. The summed E-state index contributed by atoms with van der Waals surface area (Å²) in [7, 11) is 0. The normalized spacial score (nSPS) is 43.5. The number of ether oxygens (including phenoxy) is 2. The predicted octanol–water partition coefficient (Wildman–Crippen LogP) is -6.03. The Morgan fingerprint density at radius 3 is 1.17 bits per heavy atom. The van der Waals surface area contributed by atoms with Gasteiger partial charge in [-0.1, -0.05) is 0 Å². The topological polar surface area (TPSA) is 214 Å². The highest BCUT2D eigenvalue weighted by atomic mass is 16.6. The molecule has 8 atom stereocenters. The first-order chi connectivity index (χ1) is 11.1. The van der Waals surface area contributed by atoms with Gasteiger partial charge >= 0.3 is 11.9 Å². The Morgan fingerprint density at radius 1 is 0.583 bits per heavy atom. The molecule has 1 fully saturated rings. The van der Waals surface area contributed by atoms with Gasteiger partial charge in [-0.3, -0.25) is 0 Å². The molecule has 1 heterocycles. The minimum absolute atomic E-state index is 0.971. The van der Waals surface area contributed by atoms with Crippen molar-refractivity contribution in [3.05, 3.63) is 0 Å². The van der Waals surface area contributed by atoms with Crippen molar-refractivity contribution < 1.29 is 59.9 Å². The van der Waals surface area contributed by atoms with Gasteiger partial charge in [-0.15, -0.1) is 0 Å². The van der Waals surface area contributed by atoms with E-state index in [9.17, 15) is 50.4 Å². The maximum absolute atomic E-state index is 11.5. The molecule has 0 aromatic rings. The van der Waals surface area contributed by atoms with Crippen LogP contribution in [0.4, 0.5) is 0 Å². The van der Waals surface area contributed by atoms with Gasteiger partial charge in [0.2, 0.25) is 0 Å². The van der Waals surface area contributed by atoms with Crippen molar-refractivity contribution in [1.29, 1.82) is 0 Å². The molecule has 1 saturated heterocycles. The van der Waals surface area contributed by atoms with E-state index in [1.165, 1.54) is 0 Å². The maximum Gasteiger partial charge on any atom is 0.337 e. The van der Waals surface area contributed by atoms with E-state index >= 15 is 0 Å². The van der Waals surface area contributed by atoms with E-state index in [0.717, 1.165) is 0 Å². The van der Waals surface area contributed by atoms with Crippen molar-refractivity contribution in [3.63, 3.8) is 0 Å². The Bertz CT molecular complexity index is 402. The third-order valence-electron chi connectivity index (χ3n) is 3.41. The molecule has 0 bridgehead atoms. The molecule has 1 aliphatic heterocycles. The van der Waals surface area contributed by atoms with Gasteiger partial charge in [0.25, 0.3) is 0 Å². The van der Waals surface area contributed by atoms with Crippen LogP contribution in [0.3, 0.4) is 0 Å². The second-order valence-electron chi connectivity index (χ2n) is 5.25. The van der Waals surface area contributed by atoms with Crippen molar-refractivity contribution in [1.82, 2.24) is 0 Å². The minimum Gasteiger partial charge on any atom is -0.461 e. The molecule has 1 rings (SSSR count). The number of hydrogen-bond donors (Lipinski definition) is 8. The molecule has 0 amide bonds. The molecule has 0 aromatic heterocycles. The first-order valence-corrected chi connectivity index (χ1v) is 6.85. The third kappa shape index (κ3) is 4.81. The van der Waals surface area contributed by atoms with Crippen LogP contribution in [-0.4, -0.2) is 115 Å². The molecule has 8 N–H and O–H groups in total. The number of aliphatic hydroxyl groups is 8. The van der Waals surface area contributed by atoms with E-state index in [2.05, 4.69) is 9.47 Å². The summed E-state index contributed by atoms with van der Waals surface area (Å²) in [5.74, 6) is -2.99. The first kappa shape index (κ1) is 20.7. The molecule has 0 unspecified atom stereocenters. The molecule has 0 radical (unpaired) electrons. The summed E-state index contributed by atoms with van der Waals surface area (Å²) in [4.78, 5) is 23.0. The zero-order valence-electron chi connectivity index (χ0n) is 12.2. The zero-order chi connectivity index (χ0) is 18.6. The number of cyclic esters (lactones) is 2. The van der Waals surface area contributed by atoms with Crippen LogP contribution in [0.2, 0.25) is 0 Å². The van der Waals surface area contributed by atoms with Crippen LogP contribution < -0.4 is 0 Å². The molecule has 12 heteroatoms. The molecular weight excluding hydrogens is 336 g/mol. The zero-order valence-corrected chi connectivity index (χ0v) is 12.2. The number of carbonyl (C=O) groups is 2. The van der Waals surface area contributed by atoms with E-state index in [-0.39, 0.29) is 0 Å². The van der Waals surface area contributed by atoms with Gasteiger partial charge in [-0.05, 0) is 0 Å². The summed E-state index contributed by atoms with van der Waals surface area (Å²) < 4.78 is 8.77. The number of rotatable bonds is 0. The Labute approximate surface area is 135 Å². The fourth-order valence-corrected chi connectivity index (χ4v) is 1.81. The van der Waals surface area contributed by atoms with Crippen LogP contribution in [0.1, 0.15) is 0 Å². The Kier molecular flexibility index (Phi) is 7.44. The second kappa shape index (κ2) is 8.64. The fraction of sp³-hybridized carbons (Fsp3) is 0.833. The van der Waals surface area contributed by atoms with Crippen LogP contribution in [0.25, 0.3) is 0 Å². The highest BCUT2D eigenvalue weighted by Crippen LogP contribution is 2.12. The molecular formula is C12H20O12. The number of esters is 2. The largest absolute Gasteiger partial charge is 0.461 e. The van der Waals surface area contributed by atoms with Crippen LogP contribution in [0.5, 0.6) is 0 Å². The Hall–Kier alpha value is -1.38. The van der Waals surface area contributed by atoms with E-state index in [4.69, 9.17) is 0 Å². The second-order valence-corrected chi connectivity index (χ2v) is 5.25. The van der Waals surface area contributed by atoms with E-state index in [1.54, 1.807) is 0 Å². The monoisotopic (exact) mass is 356 g/mol. The lowest BCUT2D eigenvalue weighted by Gasteiger charge is -2.29. The highest BCUT2D eigenvalue weighted by Gasteiger charge is 2.40. The van der Waals surface area contributed by atoms with Gasteiger partial charge in [-0.2, -0.15) is 0 Å². The summed E-state index contributed by atoms with van der Waals surface area (Å²) in [6, 6.07) is 0. The summed E-state index contributed by atoms with van der Waals surface area (Å²) in [5, 5.41) is 76.4. The van der Waals surface area contributed by atoms with Gasteiger partial charge in [0.05, 0.1) is 0 Å². The fourth-order valence-electron chi connectivity index (χ4n) is 1.81. The van der Waals surface area contributed by atoms with Crippen LogP contribution in [0, 0.1) is 0 Å². The van der Waals surface area contributed by atoms with Crippen molar-refractivity contribution in [2.24, 2.45) is 0 Å². The highest BCUT2D eigenvalue weighted by molar-refractivity contribution is 5.76. The molecule has 12 nitrogen and oxygen atoms in total. The van der Waals surface area contributed by atoms with E-state index in [0.29, 0.717) is 0 Å². The number of aliphatic hydroxyl groups excluding tert-OH is 8. The van der Waals surface area contributed by atoms with Crippen LogP contribution in [0.15, 0.2) is 0 Å². The van der Waals surface area contributed by atoms with Crippen molar-refractivity contribution in [2.75, 3.05) is 13.2 Å². The Balaban J connectivity index is 2.98. The number of carbonyl (C=O) groups excluding carboxylic acids is 2. The average Bonchev–Trinajstić information content (AvgIpc) is 2.58. The molecule has 0 aliphatic carbocycles. The van der Waals surface area contributed by atoms with Crippen molar-refractivity contribution in [2.45, 2.75) is 48.8 Å². The van der Waals surface area contributed by atoms with Crippen molar-refractivity contribution >= 4 is 11.9 Å².